The maximum atomic E-state index is 12.9. The van der Waals surface area contributed by atoms with Crippen LogP contribution in [0.5, 0.6) is 0 Å². The molecule has 11 heteroatoms. The third kappa shape index (κ3) is 6.07. The molecule has 2 aromatic heterocycles. The van der Waals surface area contributed by atoms with Crippen molar-refractivity contribution in [1.29, 1.82) is 0 Å². The van der Waals surface area contributed by atoms with Crippen molar-refractivity contribution < 1.29 is 22.7 Å². The highest BCUT2D eigenvalue weighted by Crippen LogP contribution is 2.30. The smallest absolute Gasteiger partial charge is 0.349 e. The summed E-state index contributed by atoms with van der Waals surface area (Å²) in [6, 6.07) is 5.82. The van der Waals surface area contributed by atoms with E-state index in [1.165, 1.54) is 11.3 Å². The van der Waals surface area contributed by atoms with Crippen LogP contribution in [-0.4, -0.2) is 51.1 Å². The first-order valence-corrected chi connectivity index (χ1v) is 13.2. The van der Waals surface area contributed by atoms with Crippen LogP contribution in [0.2, 0.25) is 0 Å². The zero-order valence-electron chi connectivity index (χ0n) is 20.2. The number of aromatic nitrogens is 3. The highest BCUT2D eigenvalue weighted by atomic mass is 32.1. The van der Waals surface area contributed by atoms with Crippen LogP contribution in [-0.2, 0) is 31.4 Å². The molecule has 1 saturated carbocycles. The lowest BCUT2D eigenvalue weighted by molar-refractivity contribution is -0.330. The van der Waals surface area contributed by atoms with Gasteiger partial charge in [0.15, 0.2) is 0 Å². The van der Waals surface area contributed by atoms with Crippen LogP contribution in [0.3, 0.4) is 0 Å². The van der Waals surface area contributed by atoms with E-state index in [1.807, 2.05) is 31.4 Å². The fourth-order valence-electron chi connectivity index (χ4n) is 5.29. The fraction of sp³-hybridized carbons (Fsp3) is 0.560. The molecular formula is C25H30F3N5O2S. The Hall–Kier alpha value is -2.50. The topological polar surface area (TPSA) is 72.3 Å². The molecule has 0 radical (unpaired) electrons. The zero-order chi connectivity index (χ0) is 25.3. The Kier molecular flexibility index (Phi) is 7.32. The minimum atomic E-state index is -4.63. The number of amides is 1. The molecule has 0 bridgehead atoms. The van der Waals surface area contributed by atoms with E-state index >= 15 is 0 Å². The molecule has 3 heterocycles. The summed E-state index contributed by atoms with van der Waals surface area (Å²) in [6.07, 6.45) is 3.26. The van der Waals surface area contributed by atoms with Gasteiger partial charge >= 0.3 is 6.36 Å². The molecule has 1 N–H and O–H groups in total. The molecule has 5 rings (SSSR count). The molecule has 3 aromatic rings. The number of hydrogen-bond donors (Lipinski definition) is 1. The number of alkyl halides is 3. The van der Waals surface area contributed by atoms with Gasteiger partial charge in [-0.3, -0.25) is 19.1 Å². The van der Waals surface area contributed by atoms with Crippen LogP contribution >= 0.6 is 11.3 Å². The van der Waals surface area contributed by atoms with Crippen molar-refractivity contribution in [3.05, 3.63) is 45.5 Å². The van der Waals surface area contributed by atoms with Gasteiger partial charge < -0.3 is 5.32 Å². The highest BCUT2D eigenvalue weighted by Gasteiger charge is 2.30. The summed E-state index contributed by atoms with van der Waals surface area (Å²) in [7, 11) is 1.85. The first-order chi connectivity index (χ1) is 17.2. The number of halogens is 3. The molecule has 0 unspecified atom stereocenters. The predicted molar refractivity (Wildman–Crippen MR) is 130 cm³/mol. The van der Waals surface area contributed by atoms with E-state index in [0.717, 1.165) is 73.1 Å². The summed E-state index contributed by atoms with van der Waals surface area (Å²) in [4.78, 5) is 20.7. The average Bonchev–Trinajstić information content (AvgIpc) is 3.43. The largest absolute Gasteiger partial charge is 0.522 e. The van der Waals surface area contributed by atoms with Crippen molar-refractivity contribution in [2.24, 2.45) is 13.0 Å². The lowest BCUT2D eigenvalue weighted by Gasteiger charge is -2.32. The Morgan fingerprint density at radius 3 is 2.83 bits per heavy atom. The van der Waals surface area contributed by atoms with Gasteiger partial charge in [0.1, 0.15) is 11.6 Å². The van der Waals surface area contributed by atoms with Crippen molar-refractivity contribution in [3.8, 4) is 0 Å². The minimum absolute atomic E-state index is 0.0376. The van der Waals surface area contributed by atoms with E-state index in [4.69, 9.17) is 0 Å². The summed E-state index contributed by atoms with van der Waals surface area (Å²) < 4.78 is 42.6. The Morgan fingerprint density at radius 2 is 2.06 bits per heavy atom. The number of aryl methyl sites for hydroxylation is 1. The highest BCUT2D eigenvalue weighted by molar-refractivity contribution is 7.11. The quantitative estimate of drug-likeness (QED) is 0.484. The van der Waals surface area contributed by atoms with Gasteiger partial charge in [-0.05, 0) is 63.1 Å². The van der Waals surface area contributed by atoms with Gasteiger partial charge in [0.05, 0.1) is 16.8 Å². The molecule has 0 saturated heterocycles. The first kappa shape index (κ1) is 25.2. The van der Waals surface area contributed by atoms with Crippen molar-refractivity contribution in [3.63, 3.8) is 0 Å². The molecule has 0 atom stereocenters. The van der Waals surface area contributed by atoms with Gasteiger partial charge in [-0.1, -0.05) is 6.07 Å². The number of rotatable bonds is 7. The fourth-order valence-corrected chi connectivity index (χ4v) is 6.27. The molecular weight excluding hydrogens is 491 g/mol. The van der Waals surface area contributed by atoms with Crippen LogP contribution < -0.4 is 5.32 Å². The lowest BCUT2D eigenvalue weighted by atomic mass is 9.84. The van der Waals surface area contributed by atoms with E-state index in [2.05, 4.69) is 25.0 Å². The second-order valence-corrected chi connectivity index (χ2v) is 10.9. The standard InChI is InChI=1S/C25H30F3N5O2S/c1-32-13-19-18(3-2-4-20(19)31-32)24(34)29-17-7-5-16(6-8-17)9-11-33-12-10-22-21(14-33)30-23(36-22)15-35-25(26,27)28/h2-4,13,16-17H,5-12,14-15H2,1H3,(H,29,34)/t16-,17-. The van der Waals surface area contributed by atoms with Crippen LogP contribution in [0.15, 0.2) is 24.4 Å². The maximum Gasteiger partial charge on any atom is 0.522 e. The SMILES string of the molecule is Cn1cc2c(C(=O)N[C@H]3CC[C@H](CCN4CCc5sc(COC(F)(F)F)nc5C4)CC3)cccc2n1. The van der Waals surface area contributed by atoms with E-state index in [-0.39, 0.29) is 11.9 Å². The summed E-state index contributed by atoms with van der Waals surface area (Å²) in [5, 5.41) is 8.87. The third-order valence-corrected chi connectivity index (χ3v) is 8.29. The Morgan fingerprint density at radius 1 is 1.25 bits per heavy atom. The number of carbonyl (C=O) groups is 1. The van der Waals surface area contributed by atoms with Crippen molar-refractivity contribution in [2.75, 3.05) is 13.1 Å². The van der Waals surface area contributed by atoms with E-state index in [9.17, 15) is 18.0 Å². The number of hydrogen-bond acceptors (Lipinski definition) is 6. The molecule has 1 aliphatic carbocycles. The van der Waals surface area contributed by atoms with Crippen molar-refractivity contribution in [1.82, 2.24) is 25.0 Å². The van der Waals surface area contributed by atoms with Crippen LogP contribution in [0.25, 0.3) is 10.9 Å². The molecule has 1 aliphatic heterocycles. The lowest BCUT2D eigenvalue weighted by Crippen LogP contribution is -2.38. The molecule has 1 amide bonds. The maximum absolute atomic E-state index is 12.9. The second-order valence-electron chi connectivity index (χ2n) is 9.76. The minimum Gasteiger partial charge on any atom is -0.349 e. The summed E-state index contributed by atoms with van der Waals surface area (Å²) in [5.41, 5.74) is 2.38. The van der Waals surface area contributed by atoms with E-state index in [1.54, 1.807) is 4.68 Å². The first-order valence-electron chi connectivity index (χ1n) is 12.4. The Bertz CT molecular complexity index is 1220. The molecule has 1 fully saturated rings. The number of fused-ring (bicyclic) bond motifs is 2. The van der Waals surface area contributed by atoms with Gasteiger partial charge in [0, 0.05) is 42.6 Å². The molecule has 36 heavy (non-hydrogen) atoms. The number of nitrogens with zero attached hydrogens (tertiary/aromatic N) is 4. The van der Waals surface area contributed by atoms with Crippen molar-refractivity contribution in [2.45, 2.75) is 64.1 Å². The summed E-state index contributed by atoms with van der Waals surface area (Å²) in [6.45, 7) is 2.03. The summed E-state index contributed by atoms with van der Waals surface area (Å²) in [5.74, 6) is 0.580. The van der Waals surface area contributed by atoms with Crippen LogP contribution in [0.1, 0.15) is 58.0 Å². The number of ether oxygens (including phenoxy) is 1. The number of nitrogens with one attached hydrogen (secondary N) is 1. The molecule has 194 valence electrons. The number of thiazole rings is 1. The normalized spacial score (nSPS) is 21.0. The zero-order valence-corrected chi connectivity index (χ0v) is 21.0. The van der Waals surface area contributed by atoms with Gasteiger partial charge in [0.2, 0.25) is 0 Å². The monoisotopic (exact) mass is 521 g/mol. The van der Waals surface area contributed by atoms with Gasteiger partial charge in [-0.2, -0.15) is 5.10 Å². The second kappa shape index (κ2) is 10.5. The summed E-state index contributed by atoms with van der Waals surface area (Å²) >= 11 is 1.33. The van der Waals surface area contributed by atoms with Gasteiger partial charge in [-0.25, -0.2) is 4.98 Å². The Balaban J connectivity index is 1.06. The van der Waals surface area contributed by atoms with E-state index in [0.29, 0.717) is 23.0 Å². The van der Waals surface area contributed by atoms with Crippen LogP contribution in [0.4, 0.5) is 13.2 Å². The average molecular weight is 522 g/mol. The van der Waals surface area contributed by atoms with Crippen molar-refractivity contribution >= 4 is 28.1 Å². The van der Waals surface area contributed by atoms with Gasteiger partial charge in [0.25, 0.3) is 5.91 Å². The van der Waals surface area contributed by atoms with Gasteiger partial charge in [-0.15, -0.1) is 24.5 Å². The molecule has 2 aliphatic rings. The predicted octanol–water partition coefficient (Wildman–Crippen LogP) is 4.80. The van der Waals surface area contributed by atoms with E-state index < -0.39 is 13.0 Å². The Labute approximate surface area is 211 Å². The number of carbonyl (C=O) groups excluding carboxylic acids is 1. The molecule has 7 nitrogen and oxygen atoms in total. The number of benzene rings is 1. The third-order valence-electron chi connectivity index (χ3n) is 7.16. The molecule has 0 spiro atoms. The van der Waals surface area contributed by atoms with Crippen LogP contribution in [0, 0.1) is 5.92 Å². The molecule has 1 aromatic carbocycles.